The van der Waals surface area contributed by atoms with E-state index < -0.39 is 0 Å². The Morgan fingerprint density at radius 1 is 1.11 bits per heavy atom. The summed E-state index contributed by atoms with van der Waals surface area (Å²) in [6.07, 6.45) is 7.00. The van der Waals surface area contributed by atoms with Crippen molar-refractivity contribution in [3.8, 4) is 0 Å². The van der Waals surface area contributed by atoms with Gasteiger partial charge in [0.1, 0.15) is 0 Å². The Morgan fingerprint density at radius 2 is 1.74 bits per heavy atom. The van der Waals surface area contributed by atoms with Gasteiger partial charge in [-0.15, -0.1) is 0 Å². The molecule has 0 amide bonds. The van der Waals surface area contributed by atoms with Gasteiger partial charge in [-0.05, 0) is 45.4 Å². The lowest BCUT2D eigenvalue weighted by molar-refractivity contribution is 0.0262. The molecule has 2 atom stereocenters. The normalized spacial score (nSPS) is 24.7. The molecule has 0 bridgehead atoms. The molecule has 0 aromatic heterocycles. The zero-order valence-electron chi connectivity index (χ0n) is 13.8. The number of allylic oxidation sites excluding steroid dienone is 2. The summed E-state index contributed by atoms with van der Waals surface area (Å²) in [6.45, 7) is 16.2. The summed E-state index contributed by atoms with van der Waals surface area (Å²) in [5.74, 6) is 1.47. The Hall–Kier alpha value is -0.340. The van der Waals surface area contributed by atoms with Crippen LogP contribution in [0.5, 0.6) is 0 Å². The molecule has 0 heterocycles. The molecule has 0 aromatic carbocycles. The fourth-order valence-corrected chi connectivity index (χ4v) is 2.28. The predicted octanol–water partition coefficient (Wildman–Crippen LogP) is 4.02. The van der Waals surface area contributed by atoms with Crippen LogP contribution in [0.15, 0.2) is 12.2 Å². The van der Waals surface area contributed by atoms with E-state index in [1.54, 1.807) is 0 Å². The fourth-order valence-electron chi connectivity index (χ4n) is 2.28. The number of ether oxygens (including phenoxy) is 1. The Kier molecular flexibility index (Phi) is 6.07. The van der Waals surface area contributed by atoms with Gasteiger partial charge in [0.2, 0.25) is 0 Å². The first-order valence-electron chi connectivity index (χ1n) is 7.67. The zero-order valence-corrected chi connectivity index (χ0v) is 13.8. The molecular formula is C17H33NO. The van der Waals surface area contributed by atoms with Gasteiger partial charge >= 0.3 is 0 Å². The highest BCUT2D eigenvalue weighted by molar-refractivity contribution is 4.93. The van der Waals surface area contributed by atoms with E-state index in [4.69, 9.17) is 4.74 Å². The highest BCUT2D eigenvalue weighted by Gasteiger charge is 2.23. The van der Waals surface area contributed by atoms with E-state index in [1.165, 1.54) is 12.8 Å². The molecule has 19 heavy (non-hydrogen) atoms. The molecule has 0 spiro atoms. The second-order valence-electron chi connectivity index (χ2n) is 7.96. The fraction of sp³-hybridized carbons (Fsp3) is 0.882. The topological polar surface area (TPSA) is 21.3 Å². The largest absolute Gasteiger partial charge is 0.381 e. The van der Waals surface area contributed by atoms with Crippen molar-refractivity contribution in [1.82, 2.24) is 5.32 Å². The summed E-state index contributed by atoms with van der Waals surface area (Å²) in [5.41, 5.74) is 0.376. The molecule has 1 aliphatic rings. The zero-order chi connectivity index (χ0) is 14.5. The van der Waals surface area contributed by atoms with Gasteiger partial charge in [-0.1, -0.05) is 32.9 Å². The molecule has 1 N–H and O–H groups in total. The summed E-state index contributed by atoms with van der Waals surface area (Å²) >= 11 is 0. The van der Waals surface area contributed by atoms with Crippen LogP contribution in [0.1, 0.15) is 54.4 Å². The van der Waals surface area contributed by atoms with Gasteiger partial charge < -0.3 is 10.1 Å². The number of hydrogen-bond acceptors (Lipinski definition) is 2. The average molecular weight is 267 g/mol. The van der Waals surface area contributed by atoms with Crippen LogP contribution in [0.3, 0.4) is 0 Å². The van der Waals surface area contributed by atoms with Crippen LogP contribution in [0.2, 0.25) is 0 Å². The second kappa shape index (κ2) is 6.90. The van der Waals surface area contributed by atoms with Crippen LogP contribution >= 0.6 is 0 Å². The van der Waals surface area contributed by atoms with Crippen molar-refractivity contribution < 1.29 is 4.74 Å². The van der Waals surface area contributed by atoms with E-state index in [1.807, 2.05) is 0 Å². The van der Waals surface area contributed by atoms with Crippen molar-refractivity contribution in [2.75, 3.05) is 19.8 Å². The van der Waals surface area contributed by atoms with Crippen molar-refractivity contribution in [2.45, 2.75) is 59.9 Å². The summed E-state index contributed by atoms with van der Waals surface area (Å²) in [6, 6.07) is 0. The standard InChI is InChI=1S/C17H33NO/c1-14-9-7-8-10-15(14)11-19-13-17(5,6)12-18-16(2,3)4/h7-8,14-15,18H,9-13H2,1-6H3. The van der Waals surface area contributed by atoms with E-state index in [2.05, 4.69) is 59.0 Å². The first-order valence-corrected chi connectivity index (χ1v) is 7.67. The monoisotopic (exact) mass is 267 g/mol. The number of rotatable bonds is 6. The lowest BCUT2D eigenvalue weighted by atomic mass is 9.85. The van der Waals surface area contributed by atoms with E-state index in [0.29, 0.717) is 5.92 Å². The highest BCUT2D eigenvalue weighted by atomic mass is 16.5. The van der Waals surface area contributed by atoms with Crippen LogP contribution in [0.25, 0.3) is 0 Å². The van der Waals surface area contributed by atoms with E-state index in [-0.39, 0.29) is 11.0 Å². The third kappa shape index (κ3) is 7.12. The summed E-state index contributed by atoms with van der Waals surface area (Å²) in [5, 5.41) is 3.57. The molecule has 0 radical (unpaired) electrons. The predicted molar refractivity (Wildman–Crippen MR) is 83.4 cm³/mol. The van der Waals surface area contributed by atoms with Crippen LogP contribution < -0.4 is 5.32 Å². The first kappa shape index (κ1) is 16.7. The minimum absolute atomic E-state index is 0.181. The third-order valence-electron chi connectivity index (χ3n) is 3.84. The molecule has 2 heteroatoms. The molecule has 0 saturated carbocycles. The Labute approximate surface area is 120 Å². The van der Waals surface area contributed by atoms with Crippen molar-refractivity contribution in [1.29, 1.82) is 0 Å². The third-order valence-corrected chi connectivity index (χ3v) is 3.84. The Morgan fingerprint density at radius 3 is 2.32 bits per heavy atom. The van der Waals surface area contributed by atoms with Gasteiger partial charge in [0, 0.05) is 24.1 Å². The minimum atomic E-state index is 0.181. The molecule has 1 rings (SSSR count). The van der Waals surface area contributed by atoms with Crippen molar-refractivity contribution >= 4 is 0 Å². The molecule has 0 aromatic rings. The van der Waals surface area contributed by atoms with E-state index in [0.717, 1.165) is 25.7 Å². The van der Waals surface area contributed by atoms with Gasteiger partial charge in [0.25, 0.3) is 0 Å². The van der Waals surface area contributed by atoms with Crippen LogP contribution in [0.4, 0.5) is 0 Å². The maximum atomic E-state index is 6.00. The number of hydrogen-bond donors (Lipinski definition) is 1. The SMILES string of the molecule is CC1CC=CCC1COCC(C)(C)CNC(C)(C)C. The molecule has 2 unspecified atom stereocenters. The van der Waals surface area contributed by atoms with Crippen LogP contribution in [0, 0.1) is 17.3 Å². The van der Waals surface area contributed by atoms with Crippen molar-refractivity contribution in [3.63, 3.8) is 0 Å². The second-order valence-corrected chi connectivity index (χ2v) is 7.96. The molecule has 112 valence electrons. The first-order chi connectivity index (χ1) is 8.70. The lowest BCUT2D eigenvalue weighted by Gasteiger charge is -2.31. The van der Waals surface area contributed by atoms with Gasteiger partial charge in [0.05, 0.1) is 6.61 Å². The molecule has 0 fully saturated rings. The smallest absolute Gasteiger partial charge is 0.0529 e. The molecule has 0 saturated heterocycles. The molecule has 0 aliphatic heterocycles. The maximum Gasteiger partial charge on any atom is 0.0529 e. The highest BCUT2D eigenvalue weighted by Crippen LogP contribution is 2.26. The summed E-state index contributed by atoms with van der Waals surface area (Å²) in [4.78, 5) is 0. The van der Waals surface area contributed by atoms with Gasteiger partial charge in [-0.2, -0.15) is 0 Å². The van der Waals surface area contributed by atoms with Crippen LogP contribution in [-0.2, 0) is 4.74 Å². The number of nitrogens with one attached hydrogen (secondary N) is 1. The minimum Gasteiger partial charge on any atom is -0.381 e. The van der Waals surface area contributed by atoms with Crippen LogP contribution in [-0.4, -0.2) is 25.3 Å². The molecule has 2 nitrogen and oxygen atoms in total. The van der Waals surface area contributed by atoms with Gasteiger partial charge in [-0.3, -0.25) is 0 Å². The van der Waals surface area contributed by atoms with Gasteiger partial charge in [-0.25, -0.2) is 0 Å². The quantitative estimate of drug-likeness (QED) is 0.734. The molecule has 1 aliphatic carbocycles. The van der Waals surface area contributed by atoms with E-state index in [9.17, 15) is 0 Å². The van der Waals surface area contributed by atoms with Crippen molar-refractivity contribution in [2.24, 2.45) is 17.3 Å². The maximum absolute atomic E-state index is 6.00. The summed E-state index contributed by atoms with van der Waals surface area (Å²) < 4.78 is 6.00. The van der Waals surface area contributed by atoms with Crippen molar-refractivity contribution in [3.05, 3.63) is 12.2 Å². The van der Waals surface area contributed by atoms with Gasteiger partial charge in [0.15, 0.2) is 0 Å². The summed E-state index contributed by atoms with van der Waals surface area (Å²) in [7, 11) is 0. The lowest BCUT2D eigenvalue weighted by Crippen LogP contribution is -2.43. The van der Waals surface area contributed by atoms with E-state index >= 15 is 0 Å². The average Bonchev–Trinajstić information content (AvgIpc) is 2.28. The Balaban J connectivity index is 2.25. The Bertz CT molecular complexity index is 288. The molecular weight excluding hydrogens is 234 g/mol.